The zero-order valence-electron chi connectivity index (χ0n) is 11.3. The molecule has 110 valence electrons. The van der Waals surface area contributed by atoms with E-state index in [0.717, 1.165) is 16.5 Å². The fraction of sp³-hybridized carbons (Fsp3) is 0.357. The van der Waals surface area contributed by atoms with Gasteiger partial charge in [-0.25, -0.2) is 0 Å². The van der Waals surface area contributed by atoms with E-state index in [4.69, 9.17) is 4.42 Å². The predicted octanol–water partition coefficient (Wildman–Crippen LogP) is 1.87. The van der Waals surface area contributed by atoms with Crippen LogP contribution >= 0.6 is 15.9 Å². The number of rotatable bonds is 4. The topological polar surface area (TPSA) is 80.1 Å². The molecule has 1 aliphatic heterocycles. The van der Waals surface area contributed by atoms with Crippen molar-refractivity contribution in [1.82, 2.24) is 20.8 Å². The molecule has 1 amide bonds. The number of carbonyl (C=O) groups is 1. The Labute approximate surface area is 130 Å². The molecular weight excluding hydrogens is 336 g/mol. The summed E-state index contributed by atoms with van der Waals surface area (Å²) in [5, 5.41) is 14.3. The summed E-state index contributed by atoms with van der Waals surface area (Å²) in [6.07, 6.45) is 1.39. The summed E-state index contributed by atoms with van der Waals surface area (Å²) >= 11 is 3.47. The average Bonchev–Trinajstić information content (AvgIpc) is 2.96. The lowest BCUT2D eigenvalue weighted by atomic mass is 10.1. The first-order valence-electron chi connectivity index (χ1n) is 6.80. The molecule has 6 nitrogen and oxygen atoms in total. The summed E-state index contributed by atoms with van der Waals surface area (Å²) in [6.45, 7) is 1.14. The number of aromatic nitrogens is 2. The van der Waals surface area contributed by atoms with Crippen LogP contribution < -0.4 is 10.6 Å². The third-order valence-electron chi connectivity index (χ3n) is 3.38. The van der Waals surface area contributed by atoms with Crippen molar-refractivity contribution in [3.63, 3.8) is 0 Å². The third-order valence-corrected chi connectivity index (χ3v) is 4.07. The summed E-state index contributed by atoms with van der Waals surface area (Å²) in [6, 6.07) is 7.96. The Hall–Kier alpha value is -1.73. The van der Waals surface area contributed by atoms with E-state index >= 15 is 0 Å². The van der Waals surface area contributed by atoms with E-state index in [1.165, 1.54) is 0 Å². The highest BCUT2D eigenvalue weighted by atomic mass is 79.9. The van der Waals surface area contributed by atoms with Crippen molar-refractivity contribution in [1.29, 1.82) is 0 Å². The lowest BCUT2D eigenvalue weighted by molar-refractivity contribution is -0.122. The highest BCUT2D eigenvalue weighted by Gasteiger charge is 2.18. The first kappa shape index (κ1) is 14.2. The second-order valence-electron chi connectivity index (χ2n) is 4.90. The molecule has 0 bridgehead atoms. The van der Waals surface area contributed by atoms with Crippen molar-refractivity contribution >= 4 is 21.8 Å². The van der Waals surface area contributed by atoms with Crippen molar-refractivity contribution in [2.45, 2.75) is 25.4 Å². The van der Waals surface area contributed by atoms with E-state index in [1.807, 2.05) is 24.3 Å². The van der Waals surface area contributed by atoms with Gasteiger partial charge in [0.2, 0.25) is 17.7 Å². The fourth-order valence-corrected chi connectivity index (χ4v) is 2.66. The van der Waals surface area contributed by atoms with E-state index in [9.17, 15) is 4.79 Å². The maximum absolute atomic E-state index is 11.1. The van der Waals surface area contributed by atoms with E-state index in [0.29, 0.717) is 31.3 Å². The molecule has 1 saturated heterocycles. The molecule has 1 aromatic carbocycles. The van der Waals surface area contributed by atoms with Crippen molar-refractivity contribution in [2.75, 3.05) is 6.54 Å². The van der Waals surface area contributed by atoms with Crippen molar-refractivity contribution in [2.24, 2.45) is 0 Å². The Balaban J connectivity index is 1.61. The van der Waals surface area contributed by atoms with Gasteiger partial charge >= 0.3 is 0 Å². The number of piperidine rings is 1. The lowest BCUT2D eigenvalue weighted by Crippen LogP contribution is -2.45. The van der Waals surface area contributed by atoms with Crippen LogP contribution in [0.25, 0.3) is 11.5 Å². The number of nitrogens with one attached hydrogen (secondary N) is 2. The van der Waals surface area contributed by atoms with Gasteiger partial charge in [-0.1, -0.05) is 12.1 Å². The Morgan fingerprint density at radius 2 is 2.24 bits per heavy atom. The molecule has 1 fully saturated rings. The Morgan fingerprint density at radius 3 is 3.00 bits per heavy atom. The molecule has 1 aromatic heterocycles. The van der Waals surface area contributed by atoms with Gasteiger partial charge in [-0.2, -0.15) is 0 Å². The summed E-state index contributed by atoms with van der Waals surface area (Å²) in [5.74, 6) is 1.15. The van der Waals surface area contributed by atoms with Gasteiger partial charge in [0.1, 0.15) is 0 Å². The van der Waals surface area contributed by atoms with Gasteiger partial charge in [-0.15, -0.1) is 10.2 Å². The zero-order chi connectivity index (χ0) is 14.7. The number of hydrogen-bond acceptors (Lipinski definition) is 5. The zero-order valence-corrected chi connectivity index (χ0v) is 12.9. The minimum absolute atomic E-state index is 0.113. The summed E-state index contributed by atoms with van der Waals surface area (Å²) in [4.78, 5) is 11.1. The molecule has 0 saturated carbocycles. The van der Waals surface area contributed by atoms with Crippen LogP contribution in [0.2, 0.25) is 0 Å². The molecule has 0 spiro atoms. The monoisotopic (exact) mass is 350 g/mol. The van der Waals surface area contributed by atoms with Crippen LogP contribution in [0, 0.1) is 0 Å². The standard InChI is InChI=1S/C14H15BrN4O2/c15-11-4-2-1-3-10(11)14-19-18-13(21-14)8-16-9-5-6-12(20)17-7-9/h1-4,9,16H,5-8H2,(H,17,20). The van der Waals surface area contributed by atoms with Crippen LogP contribution in [-0.4, -0.2) is 28.7 Å². The number of hydrogen-bond donors (Lipinski definition) is 2. The predicted molar refractivity (Wildman–Crippen MR) is 80.3 cm³/mol. The number of nitrogens with zero attached hydrogens (tertiary/aromatic N) is 2. The molecule has 7 heteroatoms. The summed E-state index contributed by atoms with van der Waals surface area (Å²) < 4.78 is 6.58. The smallest absolute Gasteiger partial charge is 0.248 e. The van der Waals surface area contributed by atoms with Gasteiger partial charge < -0.3 is 15.1 Å². The molecule has 0 radical (unpaired) electrons. The maximum atomic E-state index is 11.1. The van der Waals surface area contributed by atoms with Crippen LogP contribution in [0.1, 0.15) is 18.7 Å². The Morgan fingerprint density at radius 1 is 1.38 bits per heavy atom. The van der Waals surface area contributed by atoms with Crippen LogP contribution in [0.4, 0.5) is 0 Å². The highest BCUT2D eigenvalue weighted by Crippen LogP contribution is 2.26. The SMILES string of the molecule is O=C1CCC(NCc2nnc(-c3ccccc3Br)o2)CN1. The number of amides is 1. The summed E-state index contributed by atoms with van der Waals surface area (Å²) in [7, 11) is 0. The Kier molecular flexibility index (Phi) is 4.31. The van der Waals surface area contributed by atoms with Gasteiger partial charge in [0.05, 0.1) is 12.1 Å². The molecule has 1 aliphatic rings. The molecular formula is C14H15BrN4O2. The third kappa shape index (κ3) is 3.48. The van der Waals surface area contributed by atoms with Crippen LogP contribution in [0.5, 0.6) is 0 Å². The maximum Gasteiger partial charge on any atom is 0.248 e. The molecule has 2 heterocycles. The van der Waals surface area contributed by atoms with Crippen LogP contribution in [0.3, 0.4) is 0 Å². The molecule has 1 atom stereocenters. The van der Waals surface area contributed by atoms with Crippen molar-refractivity contribution in [3.8, 4) is 11.5 Å². The largest absolute Gasteiger partial charge is 0.419 e. The molecule has 0 aliphatic carbocycles. The van der Waals surface area contributed by atoms with Gasteiger partial charge in [-0.05, 0) is 34.5 Å². The first-order valence-corrected chi connectivity index (χ1v) is 7.59. The Bertz CT molecular complexity index is 633. The number of halogens is 1. The minimum Gasteiger partial charge on any atom is -0.419 e. The van der Waals surface area contributed by atoms with E-state index < -0.39 is 0 Å². The van der Waals surface area contributed by atoms with Crippen molar-refractivity contribution in [3.05, 3.63) is 34.6 Å². The van der Waals surface area contributed by atoms with Gasteiger partial charge in [-0.3, -0.25) is 4.79 Å². The minimum atomic E-state index is 0.113. The highest BCUT2D eigenvalue weighted by molar-refractivity contribution is 9.10. The average molecular weight is 351 g/mol. The molecule has 21 heavy (non-hydrogen) atoms. The second kappa shape index (κ2) is 6.36. The summed E-state index contributed by atoms with van der Waals surface area (Å²) in [5.41, 5.74) is 0.876. The van der Waals surface area contributed by atoms with Crippen LogP contribution in [-0.2, 0) is 11.3 Å². The van der Waals surface area contributed by atoms with E-state index in [-0.39, 0.29) is 11.9 Å². The lowest BCUT2D eigenvalue weighted by Gasteiger charge is -2.22. The van der Waals surface area contributed by atoms with Crippen LogP contribution in [0.15, 0.2) is 33.2 Å². The second-order valence-corrected chi connectivity index (χ2v) is 5.76. The molecule has 1 unspecified atom stereocenters. The van der Waals surface area contributed by atoms with Gasteiger partial charge in [0, 0.05) is 23.5 Å². The van der Waals surface area contributed by atoms with Crippen molar-refractivity contribution < 1.29 is 9.21 Å². The normalized spacial score (nSPS) is 18.5. The quantitative estimate of drug-likeness (QED) is 0.879. The van der Waals surface area contributed by atoms with E-state index in [1.54, 1.807) is 0 Å². The number of benzene rings is 1. The molecule has 3 rings (SSSR count). The van der Waals surface area contributed by atoms with E-state index in [2.05, 4.69) is 36.8 Å². The molecule has 2 aromatic rings. The fourth-order valence-electron chi connectivity index (χ4n) is 2.21. The molecule has 2 N–H and O–H groups in total. The first-order chi connectivity index (χ1) is 10.2. The van der Waals surface area contributed by atoms with Gasteiger partial charge in [0.25, 0.3) is 0 Å². The number of carbonyl (C=O) groups excluding carboxylic acids is 1. The van der Waals surface area contributed by atoms with Gasteiger partial charge in [0.15, 0.2) is 0 Å².